The molecule has 4 unspecified atom stereocenters. The third-order valence-electron chi connectivity index (χ3n) is 8.25. The third-order valence-corrected chi connectivity index (χ3v) is 8.25. The van der Waals surface area contributed by atoms with Crippen LogP contribution in [0.15, 0.2) is 16.7 Å². The molecule has 3 saturated carbocycles. The summed E-state index contributed by atoms with van der Waals surface area (Å²) >= 11 is 0. The van der Waals surface area contributed by atoms with Crippen LogP contribution in [0.3, 0.4) is 0 Å². The molecule has 24 heavy (non-hydrogen) atoms. The number of ether oxygens (including phenoxy) is 1. The lowest BCUT2D eigenvalue weighted by Crippen LogP contribution is -2.50. The molecule has 1 aromatic rings. The van der Waals surface area contributed by atoms with Gasteiger partial charge in [0, 0.05) is 13.3 Å². The molecule has 0 aromatic carbocycles. The summed E-state index contributed by atoms with van der Waals surface area (Å²) in [5, 5.41) is 0. The smallest absolute Gasteiger partial charge is 0.302 e. The Morgan fingerprint density at radius 1 is 1.25 bits per heavy atom. The molecule has 0 N–H and O–H groups in total. The molecule has 3 heteroatoms. The lowest BCUT2D eigenvalue weighted by atomic mass is 9.45. The van der Waals surface area contributed by atoms with Crippen molar-refractivity contribution in [3.63, 3.8) is 0 Å². The van der Waals surface area contributed by atoms with Crippen molar-refractivity contribution in [1.82, 2.24) is 0 Å². The molecule has 0 saturated heterocycles. The summed E-state index contributed by atoms with van der Waals surface area (Å²) in [4.78, 5) is 11.5. The quantitative estimate of drug-likeness (QED) is 0.692. The first-order chi connectivity index (χ1) is 11.5. The highest BCUT2D eigenvalue weighted by atomic mass is 16.5. The van der Waals surface area contributed by atoms with Gasteiger partial charge in [0.25, 0.3) is 0 Å². The van der Waals surface area contributed by atoms with Gasteiger partial charge in [0.15, 0.2) is 0 Å². The standard InChI is InChI=1S/C21H28O3/c1-13(22)24-18-12-21-9-5-16-15-7-10-23-17(15)6-8-20(16,2)19(21)4-3-14(18)11-21/h7,10,14,16,18-19H,3-6,8-9,11-12H2,1-2H3/t14?,16?,18?,19?,20-,21+/m1/s1. The molecule has 4 aliphatic rings. The SMILES string of the molecule is CC(=O)OC1C[C@@]23CCC4c5ccoc5CC[C@@]4(C)C2CCC1C3. The fourth-order valence-electron chi connectivity index (χ4n) is 7.43. The Morgan fingerprint density at radius 3 is 2.96 bits per heavy atom. The molecule has 0 amide bonds. The first-order valence-corrected chi connectivity index (χ1v) is 9.75. The van der Waals surface area contributed by atoms with Crippen LogP contribution >= 0.6 is 0 Å². The summed E-state index contributed by atoms with van der Waals surface area (Å²) < 4.78 is 11.5. The molecule has 0 aliphatic heterocycles. The number of carbonyl (C=O) groups is 1. The molecular weight excluding hydrogens is 300 g/mol. The summed E-state index contributed by atoms with van der Waals surface area (Å²) in [7, 11) is 0. The summed E-state index contributed by atoms with van der Waals surface area (Å²) in [5.41, 5.74) is 2.32. The van der Waals surface area contributed by atoms with E-state index in [1.165, 1.54) is 49.8 Å². The zero-order valence-corrected chi connectivity index (χ0v) is 14.8. The normalized spacial score (nSPS) is 45.9. The average molecular weight is 328 g/mol. The van der Waals surface area contributed by atoms with Crippen LogP contribution in [0, 0.1) is 22.7 Å². The number of furan rings is 1. The lowest BCUT2D eigenvalue weighted by molar-refractivity contribution is -0.148. The monoisotopic (exact) mass is 328 g/mol. The fourth-order valence-corrected chi connectivity index (χ4v) is 7.43. The minimum atomic E-state index is -0.0962. The Hall–Kier alpha value is -1.25. The van der Waals surface area contributed by atoms with E-state index in [-0.39, 0.29) is 12.1 Å². The molecule has 4 aliphatic carbocycles. The van der Waals surface area contributed by atoms with E-state index in [1.54, 1.807) is 6.92 Å². The van der Waals surface area contributed by atoms with Gasteiger partial charge in [0.05, 0.1) is 6.26 Å². The topological polar surface area (TPSA) is 39.4 Å². The van der Waals surface area contributed by atoms with Crippen molar-refractivity contribution in [2.45, 2.75) is 77.2 Å². The number of esters is 1. The van der Waals surface area contributed by atoms with Crippen molar-refractivity contribution in [2.24, 2.45) is 22.7 Å². The molecule has 1 aromatic heterocycles. The van der Waals surface area contributed by atoms with E-state index in [9.17, 15) is 4.79 Å². The van der Waals surface area contributed by atoms with E-state index in [4.69, 9.17) is 9.15 Å². The Kier molecular flexibility index (Phi) is 3.07. The van der Waals surface area contributed by atoms with Gasteiger partial charge in [0.1, 0.15) is 11.9 Å². The molecule has 3 nitrogen and oxygen atoms in total. The van der Waals surface area contributed by atoms with Crippen molar-refractivity contribution >= 4 is 5.97 Å². The summed E-state index contributed by atoms with van der Waals surface area (Å²) in [5.74, 6) is 3.20. The highest BCUT2D eigenvalue weighted by Gasteiger charge is 2.63. The van der Waals surface area contributed by atoms with Gasteiger partial charge in [-0.25, -0.2) is 0 Å². The van der Waals surface area contributed by atoms with Gasteiger partial charge in [-0.2, -0.15) is 0 Å². The first-order valence-electron chi connectivity index (χ1n) is 9.75. The largest absolute Gasteiger partial charge is 0.469 e. The Bertz CT molecular complexity index is 676. The van der Waals surface area contributed by atoms with E-state index < -0.39 is 0 Å². The van der Waals surface area contributed by atoms with Gasteiger partial charge in [-0.3, -0.25) is 4.79 Å². The Labute approximate surface area is 144 Å². The van der Waals surface area contributed by atoms with Crippen LogP contribution in [0.1, 0.15) is 76.0 Å². The molecule has 2 bridgehead atoms. The predicted octanol–water partition coefficient (Wildman–Crippen LogP) is 4.85. The Morgan fingerprint density at radius 2 is 2.12 bits per heavy atom. The van der Waals surface area contributed by atoms with Crippen LogP contribution in [-0.4, -0.2) is 12.1 Å². The first kappa shape index (κ1) is 15.0. The highest BCUT2D eigenvalue weighted by molar-refractivity contribution is 5.66. The number of rotatable bonds is 1. The molecule has 130 valence electrons. The van der Waals surface area contributed by atoms with Gasteiger partial charge < -0.3 is 9.15 Å². The van der Waals surface area contributed by atoms with Crippen LogP contribution in [-0.2, 0) is 16.0 Å². The summed E-state index contributed by atoms with van der Waals surface area (Å²) in [6.07, 6.45) is 12.0. The van der Waals surface area contributed by atoms with Crippen LogP contribution < -0.4 is 0 Å². The van der Waals surface area contributed by atoms with Crippen molar-refractivity contribution in [2.75, 3.05) is 0 Å². The second-order valence-corrected chi connectivity index (χ2v) is 9.20. The molecule has 6 atom stereocenters. The number of hydrogen-bond acceptors (Lipinski definition) is 3. The van der Waals surface area contributed by atoms with E-state index in [0.29, 0.717) is 22.7 Å². The van der Waals surface area contributed by atoms with E-state index in [2.05, 4.69) is 13.0 Å². The second kappa shape index (κ2) is 4.89. The third kappa shape index (κ3) is 1.87. The van der Waals surface area contributed by atoms with E-state index >= 15 is 0 Å². The number of hydrogen-bond donors (Lipinski definition) is 0. The van der Waals surface area contributed by atoms with Crippen molar-refractivity contribution in [3.8, 4) is 0 Å². The zero-order chi connectivity index (χ0) is 16.5. The minimum Gasteiger partial charge on any atom is -0.469 e. The number of carbonyl (C=O) groups excluding carboxylic acids is 1. The van der Waals surface area contributed by atoms with Crippen LogP contribution in [0.25, 0.3) is 0 Å². The lowest BCUT2D eigenvalue weighted by Gasteiger charge is -2.59. The fraction of sp³-hybridized carbons (Fsp3) is 0.762. The maximum Gasteiger partial charge on any atom is 0.302 e. The molecule has 1 heterocycles. The van der Waals surface area contributed by atoms with Crippen LogP contribution in [0.2, 0.25) is 0 Å². The molecular formula is C21H28O3. The number of aryl methyl sites for hydroxylation is 1. The maximum atomic E-state index is 11.5. The minimum absolute atomic E-state index is 0.0962. The van der Waals surface area contributed by atoms with Gasteiger partial charge in [-0.05, 0) is 85.2 Å². The molecule has 1 spiro atoms. The predicted molar refractivity (Wildman–Crippen MR) is 90.5 cm³/mol. The molecule has 5 rings (SSSR count). The maximum absolute atomic E-state index is 11.5. The van der Waals surface area contributed by atoms with E-state index in [1.807, 2.05) is 6.26 Å². The summed E-state index contributed by atoms with van der Waals surface area (Å²) in [6, 6.07) is 2.23. The van der Waals surface area contributed by atoms with Crippen LogP contribution in [0.5, 0.6) is 0 Å². The van der Waals surface area contributed by atoms with Gasteiger partial charge in [-0.1, -0.05) is 6.92 Å². The molecule has 0 radical (unpaired) electrons. The average Bonchev–Trinajstić information content (AvgIpc) is 3.09. The van der Waals surface area contributed by atoms with Crippen LogP contribution in [0.4, 0.5) is 0 Å². The zero-order valence-electron chi connectivity index (χ0n) is 14.8. The second-order valence-electron chi connectivity index (χ2n) is 9.20. The highest BCUT2D eigenvalue weighted by Crippen LogP contribution is 2.70. The Balaban J connectivity index is 1.49. The van der Waals surface area contributed by atoms with Crippen molar-refractivity contribution < 1.29 is 13.9 Å². The van der Waals surface area contributed by atoms with Gasteiger partial charge in [0.2, 0.25) is 0 Å². The van der Waals surface area contributed by atoms with Gasteiger partial charge in [-0.15, -0.1) is 0 Å². The summed E-state index contributed by atoms with van der Waals surface area (Å²) in [6.45, 7) is 4.12. The van der Waals surface area contributed by atoms with Crippen molar-refractivity contribution in [1.29, 1.82) is 0 Å². The molecule has 3 fully saturated rings. The number of fused-ring (bicyclic) bond motifs is 5. The van der Waals surface area contributed by atoms with Gasteiger partial charge >= 0.3 is 5.97 Å². The van der Waals surface area contributed by atoms with Crippen molar-refractivity contribution in [3.05, 3.63) is 23.7 Å². The van der Waals surface area contributed by atoms with E-state index in [0.717, 1.165) is 18.8 Å².